The number of benzene rings is 2. The van der Waals surface area contributed by atoms with Gasteiger partial charge in [0.05, 0.1) is 0 Å². The van der Waals surface area contributed by atoms with E-state index in [4.69, 9.17) is 0 Å². The third-order valence-corrected chi connectivity index (χ3v) is 9.90. The highest BCUT2D eigenvalue weighted by molar-refractivity contribution is 8.08. The Balaban J connectivity index is 1.92. The van der Waals surface area contributed by atoms with E-state index in [0.717, 1.165) is 5.56 Å². The summed E-state index contributed by atoms with van der Waals surface area (Å²) in [7, 11) is -12.4. The first-order chi connectivity index (χ1) is 15.6. The van der Waals surface area contributed by atoms with Crippen LogP contribution >= 0.6 is 0 Å². The monoisotopic (exact) mass is 532 g/mol. The average molecular weight is 532 g/mol. The van der Waals surface area contributed by atoms with Crippen LogP contribution in [0.4, 0.5) is 30.7 Å². The van der Waals surface area contributed by atoms with Crippen molar-refractivity contribution < 1.29 is 52.4 Å². The molecule has 0 aliphatic heterocycles. The van der Waals surface area contributed by atoms with Gasteiger partial charge in [-0.15, -0.1) is 0 Å². The molecule has 0 bridgehead atoms. The largest absolute Gasteiger partial charge is 0.403 e. The van der Waals surface area contributed by atoms with Crippen molar-refractivity contribution >= 4 is 25.5 Å². The lowest BCUT2D eigenvalue weighted by Gasteiger charge is -2.26. The number of carbonyl (C=O) groups is 1. The van der Waals surface area contributed by atoms with Gasteiger partial charge in [-0.1, -0.05) is 24.3 Å². The molecule has 2 aromatic carbocycles. The Morgan fingerprint density at radius 3 is 2.00 bits per heavy atom. The first-order valence-corrected chi connectivity index (χ1v) is 12.9. The Labute approximate surface area is 189 Å². The summed E-state index contributed by atoms with van der Waals surface area (Å²) in [6, 6.07) is 6.56. The van der Waals surface area contributed by atoms with E-state index in [9.17, 15) is 52.4 Å². The van der Waals surface area contributed by atoms with E-state index >= 15 is 0 Å². The van der Waals surface area contributed by atoms with Crippen LogP contribution in [-0.2, 0) is 30.9 Å². The smallest absolute Gasteiger partial charge is 0.292 e. The van der Waals surface area contributed by atoms with E-state index in [1.165, 1.54) is 0 Å². The summed E-state index contributed by atoms with van der Waals surface area (Å²) < 4.78 is 145. The number of hydrogen-bond donors (Lipinski definition) is 0. The van der Waals surface area contributed by atoms with Crippen LogP contribution < -0.4 is 0 Å². The van der Waals surface area contributed by atoms with Crippen LogP contribution in [-0.4, -0.2) is 33.0 Å². The molecular formula is C20H15F7O5S2. The first kappa shape index (κ1) is 26.1. The number of rotatable bonds is 7. The third kappa shape index (κ3) is 4.44. The topological polar surface area (TPSA) is 85.3 Å². The molecule has 0 saturated carbocycles. The molecule has 0 heterocycles. The Morgan fingerprint density at radius 1 is 0.882 bits per heavy atom. The number of aryl methyl sites for hydroxylation is 1. The van der Waals surface area contributed by atoms with Crippen LogP contribution in [0.15, 0.2) is 29.2 Å². The molecule has 186 valence electrons. The van der Waals surface area contributed by atoms with Crippen molar-refractivity contribution in [3.63, 3.8) is 0 Å². The van der Waals surface area contributed by atoms with Crippen molar-refractivity contribution in [2.75, 3.05) is 5.08 Å². The number of carbonyl (C=O) groups excluding carboxylic acids is 1. The summed E-state index contributed by atoms with van der Waals surface area (Å²) in [4.78, 5) is 9.67. The Kier molecular flexibility index (Phi) is 6.88. The van der Waals surface area contributed by atoms with Crippen LogP contribution in [0.25, 0.3) is 0 Å². The molecule has 1 unspecified atom stereocenters. The third-order valence-electron chi connectivity index (χ3n) is 5.43. The van der Waals surface area contributed by atoms with Crippen LogP contribution in [0.1, 0.15) is 36.3 Å². The second-order valence-electron chi connectivity index (χ2n) is 7.68. The molecule has 2 aromatic rings. The van der Waals surface area contributed by atoms with Crippen LogP contribution in [0.2, 0.25) is 0 Å². The molecule has 14 heteroatoms. The molecule has 0 saturated heterocycles. The molecule has 0 aromatic heterocycles. The zero-order valence-electron chi connectivity index (χ0n) is 16.9. The van der Waals surface area contributed by atoms with Gasteiger partial charge >= 0.3 is 5.25 Å². The van der Waals surface area contributed by atoms with Crippen LogP contribution in [0, 0.1) is 29.1 Å². The standard InChI is InChI=1S/C20H15F7O5S2/c21-14-15(22)17(24)19(18(25)16(14)23)33(29,30)9-34(31,32)20(26,27)13(28)8-11-6-3-5-10-4-1-2-7-12(10)11/h1-2,4,7,11H,3,5-6,8-9H2. The van der Waals surface area contributed by atoms with E-state index in [1.54, 1.807) is 24.3 Å². The van der Waals surface area contributed by atoms with Gasteiger partial charge in [0.1, 0.15) is 4.90 Å². The molecule has 1 aliphatic carbocycles. The molecule has 5 nitrogen and oxygen atoms in total. The molecular weight excluding hydrogens is 517 g/mol. The minimum atomic E-state index is -6.31. The van der Waals surface area contributed by atoms with Gasteiger partial charge in [0.2, 0.25) is 21.4 Å². The summed E-state index contributed by atoms with van der Waals surface area (Å²) in [5.74, 6) is -16.9. The van der Waals surface area contributed by atoms with Gasteiger partial charge in [0.15, 0.2) is 38.2 Å². The van der Waals surface area contributed by atoms with Gasteiger partial charge in [0.25, 0.3) is 0 Å². The molecule has 1 aliphatic rings. The second kappa shape index (κ2) is 8.95. The molecule has 34 heavy (non-hydrogen) atoms. The summed E-state index contributed by atoms with van der Waals surface area (Å²) >= 11 is 0. The molecule has 3 rings (SSSR count). The van der Waals surface area contributed by atoms with E-state index in [1.807, 2.05) is 0 Å². The lowest BCUT2D eigenvalue weighted by molar-refractivity contribution is -0.133. The summed E-state index contributed by atoms with van der Waals surface area (Å²) in [5, 5.41) is -8.07. The number of ketones is 1. The molecule has 0 N–H and O–H groups in total. The Hall–Kier alpha value is -2.48. The average Bonchev–Trinajstić information content (AvgIpc) is 2.75. The summed E-state index contributed by atoms with van der Waals surface area (Å²) in [6.07, 6.45) is 0.408. The minimum absolute atomic E-state index is 0.266. The van der Waals surface area contributed by atoms with Crippen molar-refractivity contribution in [1.29, 1.82) is 0 Å². The van der Waals surface area contributed by atoms with Crippen molar-refractivity contribution in [3.8, 4) is 0 Å². The lowest BCUT2D eigenvalue weighted by atomic mass is 9.80. The number of halogens is 7. The van der Waals surface area contributed by atoms with Crippen molar-refractivity contribution in [1.82, 2.24) is 0 Å². The number of sulfone groups is 2. The van der Waals surface area contributed by atoms with Gasteiger partial charge < -0.3 is 0 Å². The molecule has 0 amide bonds. The fourth-order valence-electron chi connectivity index (χ4n) is 3.78. The van der Waals surface area contributed by atoms with Crippen LogP contribution in [0.3, 0.4) is 0 Å². The zero-order valence-corrected chi connectivity index (χ0v) is 18.6. The van der Waals surface area contributed by atoms with E-state index < -0.39 is 82.1 Å². The number of Topliss-reactive ketones (excluding diaryl/α,β-unsaturated/α-hetero) is 1. The van der Waals surface area contributed by atoms with Crippen molar-refractivity contribution in [2.45, 2.75) is 41.8 Å². The zero-order chi connectivity index (χ0) is 25.6. The maximum absolute atomic E-state index is 14.6. The predicted octanol–water partition coefficient (Wildman–Crippen LogP) is 4.20. The van der Waals surface area contributed by atoms with Gasteiger partial charge in [-0.3, -0.25) is 4.79 Å². The first-order valence-electron chi connectivity index (χ1n) is 9.57. The number of fused-ring (bicyclic) bond motifs is 1. The molecule has 0 spiro atoms. The minimum Gasteiger partial charge on any atom is -0.292 e. The SMILES string of the molecule is O=C(CC1CCCc2ccccc21)C(F)(F)S(=O)(=O)CS(=O)(=O)c1c(F)c(F)c(F)c(F)c1F. The maximum atomic E-state index is 14.6. The summed E-state index contributed by atoms with van der Waals surface area (Å²) in [5.41, 5.74) is 1.32. The molecule has 1 atom stereocenters. The highest BCUT2D eigenvalue weighted by atomic mass is 32.3. The number of alkyl halides is 2. The highest BCUT2D eigenvalue weighted by Gasteiger charge is 2.54. The molecule has 0 fully saturated rings. The van der Waals surface area contributed by atoms with Gasteiger partial charge in [-0.25, -0.2) is 38.8 Å². The fourth-order valence-corrected chi connectivity index (χ4v) is 7.63. The Morgan fingerprint density at radius 2 is 1.41 bits per heavy atom. The van der Waals surface area contributed by atoms with Crippen LogP contribution in [0.5, 0.6) is 0 Å². The van der Waals surface area contributed by atoms with Crippen molar-refractivity contribution in [3.05, 3.63) is 64.5 Å². The fraction of sp³-hybridized carbons (Fsp3) is 0.350. The second-order valence-corrected chi connectivity index (χ2v) is 12.0. The Bertz CT molecular complexity index is 1340. The van der Waals surface area contributed by atoms with Gasteiger partial charge in [-0.05, 0) is 36.3 Å². The highest BCUT2D eigenvalue weighted by Crippen LogP contribution is 2.38. The van der Waals surface area contributed by atoms with Gasteiger partial charge in [0, 0.05) is 6.42 Å². The quantitative estimate of drug-likeness (QED) is 0.231. The lowest BCUT2D eigenvalue weighted by Crippen LogP contribution is -2.42. The van der Waals surface area contributed by atoms with E-state index in [-0.39, 0.29) is 6.42 Å². The molecule has 0 radical (unpaired) electrons. The van der Waals surface area contributed by atoms with E-state index in [0.29, 0.717) is 18.4 Å². The normalized spacial score (nSPS) is 16.9. The summed E-state index contributed by atoms with van der Waals surface area (Å²) in [6.45, 7) is 0. The maximum Gasteiger partial charge on any atom is 0.403 e. The van der Waals surface area contributed by atoms with Gasteiger partial charge in [-0.2, -0.15) is 8.78 Å². The number of hydrogen-bond acceptors (Lipinski definition) is 5. The van der Waals surface area contributed by atoms with E-state index in [2.05, 4.69) is 0 Å². The predicted molar refractivity (Wildman–Crippen MR) is 104 cm³/mol. The van der Waals surface area contributed by atoms with Crippen molar-refractivity contribution in [2.24, 2.45) is 0 Å².